The molecule has 1 heterocycles. The van der Waals surface area contributed by atoms with Crippen LogP contribution in [-0.2, 0) is 11.8 Å². The molecule has 3 rings (SSSR count). The van der Waals surface area contributed by atoms with Gasteiger partial charge >= 0.3 is 0 Å². The molecule has 0 unspecified atom stereocenters. The van der Waals surface area contributed by atoms with E-state index in [4.69, 9.17) is 14.2 Å². The van der Waals surface area contributed by atoms with Gasteiger partial charge in [0.25, 0.3) is 5.91 Å². The zero-order valence-electron chi connectivity index (χ0n) is 16.6. The van der Waals surface area contributed by atoms with E-state index in [1.54, 1.807) is 12.1 Å². The standard InChI is InChI=1S/C20H22N4O4S/c1-24-15-8-6-5-7-14(15)22-20(24)29-12-18(25)23-21-11-13-9-16(26-2)19(28-4)17(10-13)27-3/h5-11H,12H2,1-4H3,(H,23,25)/b21-11-. The van der Waals surface area contributed by atoms with Gasteiger partial charge in [-0.1, -0.05) is 23.9 Å². The highest BCUT2D eigenvalue weighted by atomic mass is 32.2. The number of methoxy groups -OCH3 is 3. The fourth-order valence-electron chi connectivity index (χ4n) is 2.77. The minimum Gasteiger partial charge on any atom is -0.493 e. The third-order valence-corrected chi connectivity index (χ3v) is 5.20. The van der Waals surface area contributed by atoms with Crippen LogP contribution in [0.4, 0.5) is 0 Å². The summed E-state index contributed by atoms with van der Waals surface area (Å²) in [6.07, 6.45) is 1.52. The summed E-state index contributed by atoms with van der Waals surface area (Å²) in [5.74, 6) is 1.49. The number of hydrogen-bond donors (Lipinski definition) is 1. The quantitative estimate of drug-likeness (QED) is 0.347. The third-order valence-electron chi connectivity index (χ3n) is 4.17. The topological polar surface area (TPSA) is 87.0 Å². The van der Waals surface area contributed by atoms with Crippen molar-refractivity contribution in [1.29, 1.82) is 0 Å². The van der Waals surface area contributed by atoms with Crippen molar-refractivity contribution in [2.75, 3.05) is 27.1 Å². The minimum absolute atomic E-state index is 0.198. The van der Waals surface area contributed by atoms with Crippen LogP contribution in [0.15, 0.2) is 46.7 Å². The normalized spacial score (nSPS) is 11.0. The number of nitrogens with one attached hydrogen (secondary N) is 1. The number of para-hydroxylation sites is 2. The molecule has 9 heteroatoms. The lowest BCUT2D eigenvalue weighted by molar-refractivity contribution is -0.118. The van der Waals surface area contributed by atoms with Gasteiger partial charge in [-0.05, 0) is 24.3 Å². The molecule has 0 atom stereocenters. The predicted molar refractivity (Wildman–Crippen MR) is 113 cm³/mol. The Bertz CT molecular complexity index is 1020. The van der Waals surface area contributed by atoms with Crippen molar-refractivity contribution in [2.24, 2.45) is 12.1 Å². The molecule has 0 bridgehead atoms. The number of amides is 1. The Hall–Kier alpha value is -3.20. The molecule has 0 saturated heterocycles. The summed E-state index contributed by atoms with van der Waals surface area (Å²) in [5.41, 5.74) is 5.14. The van der Waals surface area contributed by atoms with Gasteiger partial charge in [0.2, 0.25) is 5.75 Å². The Morgan fingerprint density at radius 1 is 1.17 bits per heavy atom. The number of carbonyl (C=O) groups excluding carboxylic acids is 1. The van der Waals surface area contributed by atoms with Crippen LogP contribution in [0.3, 0.4) is 0 Å². The fourth-order valence-corrected chi connectivity index (χ4v) is 3.55. The predicted octanol–water partition coefficient (Wildman–Crippen LogP) is 2.84. The molecule has 0 saturated carbocycles. The van der Waals surface area contributed by atoms with Crippen LogP contribution in [0.2, 0.25) is 0 Å². The second kappa shape index (κ2) is 9.33. The largest absolute Gasteiger partial charge is 0.493 e. The first-order chi connectivity index (χ1) is 14.1. The molecule has 0 spiro atoms. The Morgan fingerprint density at radius 3 is 2.48 bits per heavy atom. The Labute approximate surface area is 172 Å². The van der Waals surface area contributed by atoms with Crippen molar-refractivity contribution in [3.63, 3.8) is 0 Å². The maximum absolute atomic E-state index is 12.1. The molecule has 0 aliphatic heterocycles. The smallest absolute Gasteiger partial charge is 0.250 e. The molecule has 2 aromatic carbocycles. The maximum Gasteiger partial charge on any atom is 0.250 e. The Balaban J connectivity index is 1.61. The van der Waals surface area contributed by atoms with E-state index in [2.05, 4.69) is 15.5 Å². The van der Waals surface area contributed by atoms with E-state index in [1.165, 1.54) is 39.3 Å². The number of rotatable bonds is 8. The second-order valence-corrected chi connectivity index (χ2v) is 6.93. The highest BCUT2D eigenvalue weighted by molar-refractivity contribution is 7.99. The molecule has 29 heavy (non-hydrogen) atoms. The van der Waals surface area contributed by atoms with Crippen LogP contribution in [0.1, 0.15) is 5.56 Å². The lowest BCUT2D eigenvalue weighted by Gasteiger charge is -2.12. The Kier molecular flexibility index (Phi) is 6.61. The number of thioether (sulfide) groups is 1. The molecule has 8 nitrogen and oxygen atoms in total. The third kappa shape index (κ3) is 4.62. The average molecular weight is 414 g/mol. The number of fused-ring (bicyclic) bond motifs is 1. The van der Waals surface area contributed by atoms with Crippen molar-refractivity contribution in [3.05, 3.63) is 42.0 Å². The number of hydrogen-bond acceptors (Lipinski definition) is 7. The molecule has 0 aliphatic rings. The van der Waals surface area contributed by atoms with Gasteiger partial charge in [0.1, 0.15) is 0 Å². The van der Waals surface area contributed by atoms with Gasteiger partial charge in [-0.15, -0.1) is 0 Å². The fraction of sp³-hybridized carbons (Fsp3) is 0.250. The molecule has 0 aliphatic carbocycles. The summed E-state index contributed by atoms with van der Waals surface area (Å²) < 4.78 is 17.9. The summed E-state index contributed by atoms with van der Waals surface area (Å²) in [6, 6.07) is 11.3. The van der Waals surface area contributed by atoms with Gasteiger partial charge in [-0.25, -0.2) is 10.4 Å². The van der Waals surface area contributed by atoms with Crippen molar-refractivity contribution in [2.45, 2.75) is 5.16 Å². The zero-order chi connectivity index (χ0) is 20.8. The first kappa shape index (κ1) is 20.5. The van der Waals surface area contributed by atoms with E-state index in [-0.39, 0.29) is 11.7 Å². The highest BCUT2D eigenvalue weighted by Gasteiger charge is 2.13. The van der Waals surface area contributed by atoms with E-state index >= 15 is 0 Å². The molecule has 152 valence electrons. The highest BCUT2D eigenvalue weighted by Crippen LogP contribution is 2.37. The van der Waals surface area contributed by atoms with Crippen molar-refractivity contribution >= 4 is 34.9 Å². The summed E-state index contributed by atoms with van der Waals surface area (Å²) in [7, 11) is 6.55. The molecule has 1 amide bonds. The Morgan fingerprint density at radius 2 is 1.86 bits per heavy atom. The molecule has 3 aromatic rings. The maximum atomic E-state index is 12.1. The number of carbonyl (C=O) groups is 1. The first-order valence-electron chi connectivity index (χ1n) is 8.73. The van der Waals surface area contributed by atoms with Gasteiger partial charge in [0.05, 0.1) is 44.3 Å². The SMILES string of the molecule is COc1cc(/C=N\NC(=O)CSc2nc3ccccc3n2C)cc(OC)c1OC. The van der Waals surface area contributed by atoms with Gasteiger partial charge in [0.15, 0.2) is 16.7 Å². The van der Waals surface area contributed by atoms with Crippen LogP contribution < -0.4 is 19.6 Å². The molecule has 1 N–H and O–H groups in total. The zero-order valence-corrected chi connectivity index (χ0v) is 17.4. The molecular weight excluding hydrogens is 392 g/mol. The number of hydrazone groups is 1. The van der Waals surface area contributed by atoms with Gasteiger partial charge in [0, 0.05) is 12.6 Å². The average Bonchev–Trinajstić information content (AvgIpc) is 3.07. The summed E-state index contributed by atoms with van der Waals surface area (Å²) in [4.78, 5) is 16.7. The van der Waals surface area contributed by atoms with Crippen LogP contribution in [0, 0.1) is 0 Å². The lowest BCUT2D eigenvalue weighted by Crippen LogP contribution is -2.19. The van der Waals surface area contributed by atoms with Gasteiger partial charge in [-0.3, -0.25) is 4.79 Å². The number of benzene rings is 2. The van der Waals surface area contributed by atoms with Crippen LogP contribution in [0.5, 0.6) is 17.2 Å². The van der Waals surface area contributed by atoms with Crippen LogP contribution >= 0.6 is 11.8 Å². The van der Waals surface area contributed by atoms with Gasteiger partial charge < -0.3 is 18.8 Å². The van der Waals surface area contributed by atoms with Gasteiger partial charge in [-0.2, -0.15) is 5.10 Å². The lowest BCUT2D eigenvalue weighted by atomic mass is 10.2. The van der Waals surface area contributed by atoms with E-state index in [0.29, 0.717) is 22.8 Å². The summed E-state index contributed by atoms with van der Waals surface area (Å²) >= 11 is 1.35. The number of ether oxygens (including phenoxy) is 3. The summed E-state index contributed by atoms with van der Waals surface area (Å²) in [5, 5.41) is 4.78. The minimum atomic E-state index is -0.231. The molecule has 0 fully saturated rings. The van der Waals surface area contributed by atoms with E-state index in [9.17, 15) is 4.79 Å². The molecule has 0 radical (unpaired) electrons. The number of aryl methyl sites for hydroxylation is 1. The number of nitrogens with zero attached hydrogens (tertiary/aromatic N) is 3. The van der Waals surface area contributed by atoms with Crippen molar-refractivity contribution in [1.82, 2.24) is 15.0 Å². The first-order valence-corrected chi connectivity index (χ1v) is 9.72. The molecule has 1 aromatic heterocycles. The van der Waals surface area contributed by atoms with E-state index in [1.807, 2.05) is 35.9 Å². The van der Waals surface area contributed by atoms with E-state index in [0.717, 1.165) is 16.2 Å². The van der Waals surface area contributed by atoms with Crippen LogP contribution in [-0.4, -0.2) is 48.8 Å². The number of imidazole rings is 1. The summed E-state index contributed by atoms with van der Waals surface area (Å²) in [6.45, 7) is 0. The van der Waals surface area contributed by atoms with Crippen molar-refractivity contribution in [3.8, 4) is 17.2 Å². The van der Waals surface area contributed by atoms with Crippen molar-refractivity contribution < 1.29 is 19.0 Å². The second-order valence-electron chi connectivity index (χ2n) is 5.98. The monoisotopic (exact) mass is 414 g/mol. The molecular formula is C20H22N4O4S. The van der Waals surface area contributed by atoms with E-state index < -0.39 is 0 Å². The van der Waals surface area contributed by atoms with Crippen LogP contribution in [0.25, 0.3) is 11.0 Å². The number of aromatic nitrogens is 2.